The van der Waals surface area contributed by atoms with Gasteiger partial charge in [0.25, 0.3) is 0 Å². The molecule has 1 aromatic heterocycles. The molecule has 4 rings (SSSR count). The Balaban J connectivity index is 1.54. The van der Waals surface area contributed by atoms with Crippen LogP contribution in [0.25, 0.3) is 11.0 Å². The number of carbonyl (C=O) groups is 2. The molecule has 0 bridgehead atoms. The predicted octanol–water partition coefficient (Wildman–Crippen LogP) is 3.97. The molecule has 1 unspecified atom stereocenters. The minimum Gasteiger partial charge on any atom is -0.456 e. The number of hydrogen-bond acceptors (Lipinski definition) is 8. The molecule has 1 aliphatic heterocycles. The van der Waals surface area contributed by atoms with Gasteiger partial charge in [0.15, 0.2) is 6.61 Å². The van der Waals surface area contributed by atoms with Crippen LogP contribution < -0.4 is 0 Å². The molecule has 3 aromatic rings. The van der Waals surface area contributed by atoms with Gasteiger partial charge in [-0.25, -0.2) is 8.42 Å². The summed E-state index contributed by atoms with van der Waals surface area (Å²) in [5.41, 5.74) is 0.861. The van der Waals surface area contributed by atoms with Gasteiger partial charge in [0.2, 0.25) is 15.8 Å². The van der Waals surface area contributed by atoms with Gasteiger partial charge >= 0.3 is 5.97 Å². The molecule has 1 atom stereocenters. The van der Waals surface area contributed by atoms with Crippen LogP contribution in [0.4, 0.5) is 0 Å². The van der Waals surface area contributed by atoms with E-state index in [0.29, 0.717) is 23.4 Å². The smallest absolute Gasteiger partial charge is 0.324 e. The topological polar surface area (TPSA) is 107 Å². The zero-order valence-corrected chi connectivity index (χ0v) is 19.7. The second-order valence-electron chi connectivity index (χ2n) is 7.17. The number of rotatable bonds is 6. The van der Waals surface area contributed by atoms with E-state index in [-0.39, 0.29) is 34.0 Å². The van der Waals surface area contributed by atoms with Crippen molar-refractivity contribution in [3.8, 4) is 0 Å². The van der Waals surface area contributed by atoms with E-state index >= 15 is 0 Å². The van der Waals surface area contributed by atoms with Crippen LogP contribution in [0, 0.1) is 0 Å². The van der Waals surface area contributed by atoms with E-state index in [2.05, 4.69) is 8.75 Å². The predicted molar refractivity (Wildman–Crippen MR) is 121 cm³/mol. The largest absolute Gasteiger partial charge is 0.456 e. The second kappa shape index (κ2) is 9.40. The summed E-state index contributed by atoms with van der Waals surface area (Å²) in [4.78, 5) is 25.3. The molecule has 0 amide bonds. The van der Waals surface area contributed by atoms with Gasteiger partial charge in [0.1, 0.15) is 22.0 Å². The van der Waals surface area contributed by atoms with E-state index in [1.165, 1.54) is 24.3 Å². The molecule has 2 heterocycles. The van der Waals surface area contributed by atoms with Crippen LogP contribution in [-0.4, -0.2) is 52.4 Å². The van der Waals surface area contributed by atoms with Crippen molar-refractivity contribution in [1.82, 2.24) is 13.1 Å². The molecule has 1 fully saturated rings. The zero-order chi connectivity index (χ0) is 22.9. The van der Waals surface area contributed by atoms with E-state index in [4.69, 9.17) is 27.9 Å². The maximum Gasteiger partial charge on any atom is 0.324 e. The summed E-state index contributed by atoms with van der Waals surface area (Å²) in [7, 11) is -4.04. The molecule has 0 saturated carbocycles. The van der Waals surface area contributed by atoms with Crippen LogP contribution >= 0.6 is 34.9 Å². The fourth-order valence-corrected chi connectivity index (χ4v) is 6.36. The number of piperidine rings is 1. The summed E-state index contributed by atoms with van der Waals surface area (Å²) >= 11 is 12.8. The van der Waals surface area contributed by atoms with Crippen LogP contribution in [0.3, 0.4) is 0 Å². The number of ketones is 1. The van der Waals surface area contributed by atoms with Gasteiger partial charge in [-0.2, -0.15) is 13.1 Å². The molecule has 0 spiro atoms. The Morgan fingerprint density at radius 3 is 2.78 bits per heavy atom. The van der Waals surface area contributed by atoms with Gasteiger partial charge in [-0.1, -0.05) is 29.3 Å². The molecular weight excluding hydrogens is 497 g/mol. The zero-order valence-electron chi connectivity index (χ0n) is 16.5. The molecule has 0 radical (unpaired) electrons. The number of halogens is 2. The summed E-state index contributed by atoms with van der Waals surface area (Å²) in [6, 6.07) is 8.06. The highest BCUT2D eigenvalue weighted by atomic mass is 35.5. The molecule has 1 saturated heterocycles. The Hall–Kier alpha value is -2.11. The van der Waals surface area contributed by atoms with Gasteiger partial charge in [0.05, 0.1) is 16.8 Å². The standard InChI is InChI=1S/C20H17Cl2N3O5S2/c21-12-7-8-14(22)13(10-12)17(26)11-30-20(27)16-5-1-2-9-25(16)32(28,29)18-6-3-4-15-19(18)24-31-23-15/h3-4,6-8,10,16H,1-2,5,9,11H2. The Morgan fingerprint density at radius 2 is 1.97 bits per heavy atom. The lowest BCUT2D eigenvalue weighted by Gasteiger charge is -2.32. The minimum atomic E-state index is -4.04. The lowest BCUT2D eigenvalue weighted by Crippen LogP contribution is -2.48. The molecule has 1 aliphatic rings. The highest BCUT2D eigenvalue weighted by Gasteiger charge is 2.39. The minimum absolute atomic E-state index is 0.00904. The maximum atomic E-state index is 13.4. The summed E-state index contributed by atoms with van der Waals surface area (Å²) in [5, 5.41) is 0.501. The lowest BCUT2D eigenvalue weighted by molar-refractivity contribution is -0.148. The van der Waals surface area contributed by atoms with Crippen molar-refractivity contribution in [2.75, 3.05) is 13.2 Å². The van der Waals surface area contributed by atoms with Crippen molar-refractivity contribution in [2.45, 2.75) is 30.2 Å². The Bertz CT molecular complexity index is 1300. The van der Waals surface area contributed by atoms with Crippen LogP contribution in [0.1, 0.15) is 29.6 Å². The fourth-order valence-electron chi connectivity index (χ4n) is 3.57. The number of carbonyl (C=O) groups excluding carboxylic acids is 2. The van der Waals surface area contributed by atoms with E-state index < -0.39 is 34.4 Å². The molecule has 2 aromatic carbocycles. The van der Waals surface area contributed by atoms with Crippen molar-refractivity contribution >= 4 is 67.7 Å². The Kier molecular flexibility index (Phi) is 6.78. The maximum absolute atomic E-state index is 13.4. The van der Waals surface area contributed by atoms with E-state index in [1.54, 1.807) is 12.1 Å². The molecule has 0 aliphatic carbocycles. The number of nitrogens with zero attached hydrogens (tertiary/aromatic N) is 3. The second-order valence-corrected chi connectivity index (χ2v) is 10.4. The van der Waals surface area contributed by atoms with E-state index in [0.717, 1.165) is 16.0 Å². The third-order valence-corrected chi connectivity index (χ3v) is 8.18. The van der Waals surface area contributed by atoms with Crippen LogP contribution in [0.5, 0.6) is 0 Å². The normalized spacial score (nSPS) is 17.4. The van der Waals surface area contributed by atoms with Gasteiger partial charge in [0, 0.05) is 17.1 Å². The van der Waals surface area contributed by atoms with Crippen molar-refractivity contribution in [2.24, 2.45) is 0 Å². The third kappa shape index (κ3) is 4.51. The summed E-state index contributed by atoms with van der Waals surface area (Å²) < 4.78 is 41.3. The molecular formula is C20H17Cl2N3O5S2. The molecule has 0 N–H and O–H groups in total. The quantitative estimate of drug-likeness (QED) is 0.362. The van der Waals surface area contributed by atoms with Gasteiger partial charge in [-0.05, 0) is 49.6 Å². The number of fused-ring (bicyclic) bond motifs is 1. The summed E-state index contributed by atoms with van der Waals surface area (Å²) in [5.74, 6) is -1.32. The van der Waals surface area contributed by atoms with Gasteiger partial charge in [-0.3, -0.25) is 9.59 Å². The number of esters is 1. The average Bonchev–Trinajstić information content (AvgIpc) is 3.27. The first-order chi connectivity index (χ1) is 15.3. The number of hydrogen-bond donors (Lipinski definition) is 0. The first-order valence-electron chi connectivity index (χ1n) is 9.67. The van der Waals surface area contributed by atoms with E-state index in [1.807, 2.05) is 0 Å². The number of aromatic nitrogens is 2. The molecule has 12 heteroatoms. The number of Topliss-reactive ketones (excluding diaryl/α,β-unsaturated/α-hetero) is 1. The van der Waals surface area contributed by atoms with Crippen molar-refractivity contribution in [1.29, 1.82) is 0 Å². The van der Waals surface area contributed by atoms with Gasteiger partial charge in [-0.15, -0.1) is 0 Å². The highest BCUT2D eigenvalue weighted by molar-refractivity contribution is 7.89. The van der Waals surface area contributed by atoms with E-state index in [9.17, 15) is 18.0 Å². The Labute approximate surface area is 198 Å². The monoisotopic (exact) mass is 513 g/mol. The SMILES string of the molecule is O=C(COC(=O)C1CCCCN1S(=O)(=O)c1cccc2nsnc12)c1cc(Cl)ccc1Cl. The molecule has 32 heavy (non-hydrogen) atoms. The van der Waals surface area contributed by atoms with Crippen LogP contribution in [-0.2, 0) is 19.6 Å². The van der Waals surface area contributed by atoms with Crippen molar-refractivity contribution in [3.63, 3.8) is 0 Å². The summed E-state index contributed by atoms with van der Waals surface area (Å²) in [6.07, 6.45) is 1.54. The third-order valence-electron chi connectivity index (χ3n) is 5.14. The number of benzene rings is 2. The van der Waals surface area contributed by atoms with Gasteiger partial charge < -0.3 is 4.74 Å². The first-order valence-corrected chi connectivity index (χ1v) is 12.6. The summed E-state index contributed by atoms with van der Waals surface area (Å²) in [6.45, 7) is -0.418. The Morgan fingerprint density at radius 1 is 1.16 bits per heavy atom. The lowest BCUT2D eigenvalue weighted by atomic mass is 10.1. The van der Waals surface area contributed by atoms with Crippen LogP contribution in [0.15, 0.2) is 41.3 Å². The average molecular weight is 514 g/mol. The number of sulfonamides is 1. The molecule has 168 valence electrons. The molecule has 8 nitrogen and oxygen atoms in total. The highest BCUT2D eigenvalue weighted by Crippen LogP contribution is 2.30. The number of ether oxygens (including phenoxy) is 1. The van der Waals surface area contributed by atoms with Crippen molar-refractivity contribution in [3.05, 3.63) is 52.0 Å². The fraction of sp³-hybridized carbons (Fsp3) is 0.300. The first kappa shape index (κ1) is 23.1. The van der Waals surface area contributed by atoms with Crippen LogP contribution in [0.2, 0.25) is 10.0 Å². The van der Waals surface area contributed by atoms with Crippen molar-refractivity contribution < 1.29 is 22.7 Å².